The normalized spacial score (nSPS) is 15.6. The summed E-state index contributed by atoms with van der Waals surface area (Å²) in [5.74, 6) is 1.02. The molecule has 0 amide bonds. The SMILES string of the molecule is N.c1ccc(CC2CC2)cc1. The minimum Gasteiger partial charge on any atom is -0.344 e. The molecule has 60 valence electrons. The van der Waals surface area contributed by atoms with E-state index in [4.69, 9.17) is 0 Å². The molecule has 2 rings (SSSR count). The maximum Gasteiger partial charge on any atom is -0.0250 e. The molecule has 0 aromatic heterocycles. The van der Waals surface area contributed by atoms with Gasteiger partial charge in [0.25, 0.3) is 0 Å². The van der Waals surface area contributed by atoms with Crippen LogP contribution in [0, 0.1) is 5.92 Å². The first-order valence-electron chi connectivity index (χ1n) is 3.99. The average Bonchev–Trinajstić information content (AvgIpc) is 2.74. The van der Waals surface area contributed by atoms with Crippen molar-refractivity contribution in [2.75, 3.05) is 0 Å². The van der Waals surface area contributed by atoms with Gasteiger partial charge in [-0.3, -0.25) is 0 Å². The molecule has 1 heteroatoms. The van der Waals surface area contributed by atoms with Crippen molar-refractivity contribution in [1.82, 2.24) is 6.15 Å². The Morgan fingerprint density at radius 1 is 1.09 bits per heavy atom. The Bertz CT molecular complexity index is 201. The van der Waals surface area contributed by atoms with E-state index >= 15 is 0 Å². The monoisotopic (exact) mass is 149 g/mol. The fourth-order valence-electron chi connectivity index (χ4n) is 1.27. The van der Waals surface area contributed by atoms with Crippen molar-refractivity contribution in [3.05, 3.63) is 35.9 Å². The quantitative estimate of drug-likeness (QED) is 0.689. The molecule has 1 aromatic carbocycles. The van der Waals surface area contributed by atoms with Crippen molar-refractivity contribution in [1.29, 1.82) is 0 Å². The van der Waals surface area contributed by atoms with Crippen molar-refractivity contribution in [3.63, 3.8) is 0 Å². The van der Waals surface area contributed by atoms with Gasteiger partial charge in [0.05, 0.1) is 0 Å². The van der Waals surface area contributed by atoms with Crippen molar-refractivity contribution < 1.29 is 0 Å². The summed E-state index contributed by atoms with van der Waals surface area (Å²) in [4.78, 5) is 0. The van der Waals surface area contributed by atoms with E-state index in [1.807, 2.05) is 0 Å². The van der Waals surface area contributed by atoms with Gasteiger partial charge in [-0.15, -0.1) is 0 Å². The van der Waals surface area contributed by atoms with E-state index in [0.717, 1.165) is 5.92 Å². The molecule has 1 aromatic rings. The van der Waals surface area contributed by atoms with Crippen molar-refractivity contribution in [2.45, 2.75) is 19.3 Å². The zero-order valence-corrected chi connectivity index (χ0v) is 6.79. The van der Waals surface area contributed by atoms with Crippen LogP contribution in [0.2, 0.25) is 0 Å². The maximum absolute atomic E-state index is 2.22. The highest BCUT2D eigenvalue weighted by molar-refractivity contribution is 5.15. The Hall–Kier alpha value is -0.820. The van der Waals surface area contributed by atoms with E-state index < -0.39 is 0 Å². The lowest BCUT2D eigenvalue weighted by atomic mass is 10.1. The molecule has 1 nitrogen and oxygen atoms in total. The summed E-state index contributed by atoms with van der Waals surface area (Å²) in [6.07, 6.45) is 4.21. The Labute approximate surface area is 68.0 Å². The highest BCUT2D eigenvalue weighted by Crippen LogP contribution is 2.32. The third-order valence-corrected chi connectivity index (χ3v) is 2.06. The summed E-state index contributed by atoms with van der Waals surface area (Å²) >= 11 is 0. The first kappa shape index (κ1) is 8.28. The predicted molar refractivity (Wildman–Crippen MR) is 47.9 cm³/mol. The molecule has 1 aliphatic rings. The van der Waals surface area contributed by atoms with Gasteiger partial charge in [-0.05, 0) is 30.7 Å². The van der Waals surface area contributed by atoms with Crippen LogP contribution < -0.4 is 6.15 Å². The first-order valence-corrected chi connectivity index (χ1v) is 3.99. The third kappa shape index (κ3) is 2.35. The first-order chi connectivity index (χ1) is 4.95. The molecular weight excluding hydrogens is 134 g/mol. The van der Waals surface area contributed by atoms with Gasteiger partial charge in [0.2, 0.25) is 0 Å². The van der Waals surface area contributed by atoms with Gasteiger partial charge in [-0.2, -0.15) is 0 Å². The van der Waals surface area contributed by atoms with E-state index in [9.17, 15) is 0 Å². The fourth-order valence-corrected chi connectivity index (χ4v) is 1.27. The highest BCUT2D eigenvalue weighted by Gasteiger charge is 2.20. The number of rotatable bonds is 2. The number of benzene rings is 1. The Balaban J connectivity index is 0.000000605. The van der Waals surface area contributed by atoms with Crippen molar-refractivity contribution in [3.8, 4) is 0 Å². The fraction of sp³-hybridized carbons (Fsp3) is 0.400. The predicted octanol–water partition coefficient (Wildman–Crippen LogP) is 2.80. The van der Waals surface area contributed by atoms with Gasteiger partial charge < -0.3 is 6.15 Å². The summed E-state index contributed by atoms with van der Waals surface area (Å²) in [5, 5.41) is 0. The summed E-state index contributed by atoms with van der Waals surface area (Å²) in [6.45, 7) is 0. The second-order valence-corrected chi connectivity index (χ2v) is 3.13. The molecule has 0 bridgehead atoms. The molecule has 1 saturated carbocycles. The molecular formula is C10H15N. The van der Waals surface area contributed by atoms with Crippen LogP contribution in [-0.4, -0.2) is 0 Å². The summed E-state index contributed by atoms with van der Waals surface area (Å²) in [7, 11) is 0. The molecule has 0 atom stereocenters. The topological polar surface area (TPSA) is 35.0 Å². The summed E-state index contributed by atoms with van der Waals surface area (Å²) in [5.41, 5.74) is 1.50. The second-order valence-electron chi connectivity index (χ2n) is 3.13. The minimum atomic E-state index is 0. The molecule has 3 N–H and O–H groups in total. The highest BCUT2D eigenvalue weighted by atomic mass is 14.3. The molecule has 1 aliphatic carbocycles. The lowest BCUT2D eigenvalue weighted by molar-refractivity contribution is 0.832. The molecule has 1 fully saturated rings. The molecule has 0 radical (unpaired) electrons. The smallest absolute Gasteiger partial charge is 0.0250 e. The van der Waals surface area contributed by atoms with Gasteiger partial charge in [0.1, 0.15) is 0 Å². The van der Waals surface area contributed by atoms with Crippen molar-refractivity contribution in [2.24, 2.45) is 5.92 Å². The Morgan fingerprint density at radius 3 is 2.27 bits per heavy atom. The molecule has 0 heterocycles. The zero-order valence-electron chi connectivity index (χ0n) is 6.79. The van der Waals surface area contributed by atoms with Gasteiger partial charge >= 0.3 is 0 Å². The molecule has 0 saturated heterocycles. The largest absolute Gasteiger partial charge is 0.344 e. The number of hydrogen-bond donors (Lipinski definition) is 1. The van der Waals surface area contributed by atoms with E-state index in [0.29, 0.717) is 0 Å². The van der Waals surface area contributed by atoms with E-state index in [1.54, 1.807) is 0 Å². The Morgan fingerprint density at radius 2 is 1.73 bits per heavy atom. The van der Waals surface area contributed by atoms with E-state index in [-0.39, 0.29) is 6.15 Å². The van der Waals surface area contributed by atoms with Gasteiger partial charge in [-0.1, -0.05) is 30.3 Å². The summed E-state index contributed by atoms with van der Waals surface area (Å²) in [6, 6.07) is 10.8. The lowest BCUT2D eigenvalue weighted by Gasteiger charge is -1.95. The van der Waals surface area contributed by atoms with Crippen LogP contribution in [0.4, 0.5) is 0 Å². The van der Waals surface area contributed by atoms with Gasteiger partial charge in [0.15, 0.2) is 0 Å². The minimum absolute atomic E-state index is 0. The van der Waals surface area contributed by atoms with Crippen LogP contribution in [-0.2, 0) is 6.42 Å². The molecule has 0 spiro atoms. The van der Waals surface area contributed by atoms with Gasteiger partial charge in [0, 0.05) is 0 Å². The van der Waals surface area contributed by atoms with Crippen LogP contribution in [0.5, 0.6) is 0 Å². The molecule has 0 unspecified atom stereocenters. The Kier molecular flexibility index (Phi) is 2.66. The van der Waals surface area contributed by atoms with Gasteiger partial charge in [-0.25, -0.2) is 0 Å². The maximum atomic E-state index is 2.22. The third-order valence-electron chi connectivity index (χ3n) is 2.06. The van der Waals surface area contributed by atoms with Crippen molar-refractivity contribution >= 4 is 0 Å². The van der Waals surface area contributed by atoms with Crippen LogP contribution in [0.3, 0.4) is 0 Å². The average molecular weight is 149 g/mol. The van der Waals surface area contributed by atoms with E-state index in [2.05, 4.69) is 30.3 Å². The van der Waals surface area contributed by atoms with Crippen LogP contribution in [0.15, 0.2) is 30.3 Å². The lowest BCUT2D eigenvalue weighted by Crippen LogP contribution is -1.84. The summed E-state index contributed by atoms with van der Waals surface area (Å²) < 4.78 is 0. The van der Waals surface area contributed by atoms with Crippen LogP contribution in [0.25, 0.3) is 0 Å². The van der Waals surface area contributed by atoms with Crippen LogP contribution >= 0.6 is 0 Å². The molecule has 0 aliphatic heterocycles. The van der Waals surface area contributed by atoms with E-state index in [1.165, 1.54) is 24.8 Å². The standard InChI is InChI=1S/C10H12.H3N/c1-2-4-9(5-3-1)8-10-6-7-10;/h1-5,10H,6-8H2;1H3. The number of hydrogen-bond acceptors (Lipinski definition) is 1. The van der Waals surface area contributed by atoms with Crippen LogP contribution in [0.1, 0.15) is 18.4 Å². The molecule has 11 heavy (non-hydrogen) atoms. The second kappa shape index (κ2) is 3.54. The zero-order chi connectivity index (χ0) is 6.81.